The number of ether oxygens (including phenoxy) is 1. The molecule has 1 amide bonds. The van der Waals surface area contributed by atoms with Gasteiger partial charge in [0.1, 0.15) is 5.72 Å². The Labute approximate surface area is 155 Å². The number of rotatable bonds is 2. The van der Waals surface area contributed by atoms with Crippen LogP contribution in [0, 0.1) is 5.92 Å². The normalized spacial score (nSPS) is 29.2. The van der Waals surface area contributed by atoms with Crippen molar-refractivity contribution in [2.45, 2.75) is 70.6 Å². The maximum absolute atomic E-state index is 13.3. The summed E-state index contributed by atoms with van der Waals surface area (Å²) < 4.78 is 5.96. The van der Waals surface area contributed by atoms with Crippen molar-refractivity contribution in [3.63, 3.8) is 0 Å². The Morgan fingerprint density at radius 1 is 1.15 bits per heavy atom. The summed E-state index contributed by atoms with van der Waals surface area (Å²) in [5.41, 5.74) is 0.897. The van der Waals surface area contributed by atoms with Gasteiger partial charge in [0.2, 0.25) is 0 Å². The zero-order chi connectivity index (χ0) is 19.1. The highest BCUT2D eigenvalue weighted by Gasteiger charge is 2.53. The molecule has 1 aliphatic heterocycles. The van der Waals surface area contributed by atoms with Crippen molar-refractivity contribution in [1.29, 1.82) is 0 Å². The number of carboxylic acids is 1. The van der Waals surface area contributed by atoms with E-state index in [1.165, 1.54) is 4.90 Å². The van der Waals surface area contributed by atoms with Crippen LogP contribution in [-0.2, 0) is 14.9 Å². The van der Waals surface area contributed by atoms with Gasteiger partial charge in [-0.3, -0.25) is 9.69 Å². The molecule has 0 aromatic heterocycles. The molecule has 0 radical (unpaired) electrons. The van der Waals surface area contributed by atoms with Crippen molar-refractivity contribution in [3.8, 4) is 0 Å². The molecule has 142 valence electrons. The van der Waals surface area contributed by atoms with E-state index in [2.05, 4.69) is 27.7 Å². The molecule has 2 aliphatic rings. The Bertz CT molecular complexity index is 681. The number of hydrogen-bond acceptors (Lipinski definition) is 3. The lowest BCUT2D eigenvalue weighted by atomic mass is 9.83. The van der Waals surface area contributed by atoms with Gasteiger partial charge in [-0.2, -0.15) is 0 Å². The Kier molecular flexibility index (Phi) is 4.86. The van der Waals surface area contributed by atoms with Gasteiger partial charge < -0.3 is 9.84 Å². The maximum Gasteiger partial charge on any atom is 0.328 e. The van der Waals surface area contributed by atoms with Crippen LogP contribution in [0.2, 0.25) is 0 Å². The van der Waals surface area contributed by atoms with Crippen LogP contribution in [-0.4, -0.2) is 40.3 Å². The highest BCUT2D eigenvalue weighted by molar-refractivity contribution is 5.97. The molecule has 1 aromatic rings. The second-order valence-electron chi connectivity index (χ2n) is 8.80. The van der Waals surface area contributed by atoms with Gasteiger partial charge in [-0.15, -0.1) is 0 Å². The van der Waals surface area contributed by atoms with Crippen LogP contribution < -0.4 is 0 Å². The summed E-state index contributed by atoms with van der Waals surface area (Å²) in [6, 6.07) is 6.60. The molecule has 2 fully saturated rings. The second-order valence-corrected chi connectivity index (χ2v) is 8.80. The third-order valence-corrected chi connectivity index (χ3v) is 5.82. The summed E-state index contributed by atoms with van der Waals surface area (Å²) in [7, 11) is 0. The first-order valence-electron chi connectivity index (χ1n) is 9.45. The molecule has 5 heteroatoms. The fourth-order valence-corrected chi connectivity index (χ4v) is 4.02. The molecule has 1 aromatic carbocycles. The average Bonchev–Trinajstić information content (AvgIpc) is 2.96. The lowest BCUT2D eigenvalue weighted by Crippen LogP contribution is -2.55. The summed E-state index contributed by atoms with van der Waals surface area (Å²) in [4.78, 5) is 26.5. The summed E-state index contributed by atoms with van der Waals surface area (Å²) in [6.45, 7) is 8.62. The van der Waals surface area contributed by atoms with Crippen LogP contribution >= 0.6 is 0 Å². The Hall–Kier alpha value is -1.88. The zero-order valence-electron chi connectivity index (χ0n) is 16.1. The van der Waals surface area contributed by atoms with Crippen molar-refractivity contribution >= 4 is 11.9 Å². The molecule has 1 N–H and O–H groups in total. The van der Waals surface area contributed by atoms with Crippen LogP contribution in [0.1, 0.15) is 69.3 Å². The number of hydrogen-bond donors (Lipinski definition) is 1. The predicted molar refractivity (Wildman–Crippen MR) is 99.1 cm³/mol. The Balaban J connectivity index is 1.91. The van der Waals surface area contributed by atoms with E-state index in [0.717, 1.165) is 18.4 Å². The summed E-state index contributed by atoms with van der Waals surface area (Å²) in [5, 5.41) is 9.62. The number of carbonyl (C=O) groups excluding carboxylic acids is 1. The first kappa shape index (κ1) is 18.9. The lowest BCUT2D eigenvalue weighted by molar-refractivity contribution is -0.143. The standard InChI is InChI=1S/C21H29NO4/c1-14-9-11-21(12-10-14)22(17(13-26-21)19(24)25)18(23)15-5-7-16(8-6-15)20(2,3)4/h5-8,14,17H,9-13H2,1-4H3,(H,24,25)/t14?,17-,21?/m1/s1. The van der Waals surface area contributed by atoms with E-state index in [1.807, 2.05) is 12.1 Å². The minimum absolute atomic E-state index is 0.00264. The summed E-state index contributed by atoms with van der Waals surface area (Å²) in [6.07, 6.45) is 3.28. The van der Waals surface area contributed by atoms with Gasteiger partial charge in [-0.1, -0.05) is 39.8 Å². The number of nitrogens with zero attached hydrogens (tertiary/aromatic N) is 1. The molecule has 1 atom stereocenters. The number of carbonyl (C=O) groups is 2. The average molecular weight is 359 g/mol. The molecule has 0 bridgehead atoms. The lowest BCUT2D eigenvalue weighted by Gasteiger charge is -2.42. The van der Waals surface area contributed by atoms with Crippen molar-refractivity contribution in [3.05, 3.63) is 35.4 Å². The van der Waals surface area contributed by atoms with E-state index < -0.39 is 17.7 Å². The van der Waals surface area contributed by atoms with E-state index in [0.29, 0.717) is 24.3 Å². The quantitative estimate of drug-likeness (QED) is 0.872. The molecule has 1 saturated carbocycles. The van der Waals surface area contributed by atoms with Gasteiger partial charge in [-0.05, 0) is 54.7 Å². The van der Waals surface area contributed by atoms with Crippen LogP contribution in [0.3, 0.4) is 0 Å². The minimum Gasteiger partial charge on any atom is -0.480 e. The van der Waals surface area contributed by atoms with Crippen LogP contribution in [0.4, 0.5) is 0 Å². The fraction of sp³-hybridized carbons (Fsp3) is 0.619. The van der Waals surface area contributed by atoms with Crippen molar-refractivity contribution in [2.24, 2.45) is 5.92 Å². The molecule has 1 aliphatic carbocycles. The smallest absolute Gasteiger partial charge is 0.328 e. The van der Waals surface area contributed by atoms with Crippen LogP contribution in [0.15, 0.2) is 24.3 Å². The maximum atomic E-state index is 13.3. The summed E-state index contributed by atoms with van der Waals surface area (Å²) in [5.74, 6) is -0.666. The van der Waals surface area contributed by atoms with Crippen molar-refractivity contribution < 1.29 is 19.4 Å². The Morgan fingerprint density at radius 3 is 2.23 bits per heavy atom. The van der Waals surface area contributed by atoms with E-state index >= 15 is 0 Å². The summed E-state index contributed by atoms with van der Waals surface area (Å²) >= 11 is 0. The predicted octanol–water partition coefficient (Wildman–Crippen LogP) is 3.82. The first-order chi connectivity index (χ1) is 12.1. The third-order valence-electron chi connectivity index (χ3n) is 5.82. The number of carboxylic acid groups (broad SMARTS) is 1. The molecule has 1 saturated heterocycles. The van der Waals surface area contributed by atoms with Crippen molar-refractivity contribution in [2.75, 3.05) is 6.61 Å². The number of benzene rings is 1. The fourth-order valence-electron chi connectivity index (χ4n) is 4.02. The zero-order valence-corrected chi connectivity index (χ0v) is 16.1. The molecule has 3 rings (SSSR count). The molecule has 5 nitrogen and oxygen atoms in total. The Morgan fingerprint density at radius 2 is 1.73 bits per heavy atom. The SMILES string of the molecule is CC1CCC2(CC1)OC[C@H](C(=O)O)N2C(=O)c1ccc(C(C)(C)C)cc1. The van der Waals surface area contributed by atoms with Gasteiger partial charge in [0.15, 0.2) is 6.04 Å². The molecule has 1 heterocycles. The van der Waals surface area contributed by atoms with E-state index in [4.69, 9.17) is 4.74 Å². The van der Waals surface area contributed by atoms with Gasteiger partial charge in [0, 0.05) is 5.56 Å². The molecule has 1 spiro atoms. The van der Waals surface area contributed by atoms with E-state index in [1.54, 1.807) is 12.1 Å². The third kappa shape index (κ3) is 3.37. The molecular formula is C21H29NO4. The van der Waals surface area contributed by atoms with Gasteiger partial charge >= 0.3 is 5.97 Å². The highest BCUT2D eigenvalue weighted by atomic mass is 16.5. The largest absolute Gasteiger partial charge is 0.480 e. The van der Waals surface area contributed by atoms with Crippen molar-refractivity contribution in [1.82, 2.24) is 4.90 Å². The van der Waals surface area contributed by atoms with Crippen LogP contribution in [0.5, 0.6) is 0 Å². The van der Waals surface area contributed by atoms with Gasteiger partial charge in [0.05, 0.1) is 6.61 Å². The van der Waals surface area contributed by atoms with E-state index in [-0.39, 0.29) is 17.9 Å². The van der Waals surface area contributed by atoms with Gasteiger partial charge in [-0.25, -0.2) is 4.79 Å². The van der Waals surface area contributed by atoms with Crippen LogP contribution in [0.25, 0.3) is 0 Å². The monoisotopic (exact) mass is 359 g/mol. The first-order valence-corrected chi connectivity index (χ1v) is 9.45. The topological polar surface area (TPSA) is 66.8 Å². The molecule has 26 heavy (non-hydrogen) atoms. The number of aliphatic carboxylic acids is 1. The molecule has 0 unspecified atom stereocenters. The number of amides is 1. The molecular weight excluding hydrogens is 330 g/mol. The second kappa shape index (κ2) is 6.69. The van der Waals surface area contributed by atoms with Gasteiger partial charge in [0.25, 0.3) is 5.91 Å². The van der Waals surface area contributed by atoms with E-state index in [9.17, 15) is 14.7 Å². The minimum atomic E-state index is -1.000. The highest BCUT2D eigenvalue weighted by Crippen LogP contribution is 2.43.